The van der Waals surface area contributed by atoms with Crippen LogP contribution >= 0.6 is 0 Å². The van der Waals surface area contributed by atoms with Gasteiger partial charge in [-0.1, -0.05) is 12.1 Å². The monoisotopic (exact) mass is 355 g/mol. The van der Waals surface area contributed by atoms with Crippen molar-refractivity contribution >= 4 is 28.8 Å². The third kappa shape index (κ3) is 3.21. The molecule has 136 valence electrons. The van der Waals surface area contributed by atoms with Crippen LogP contribution in [0.1, 0.15) is 43.9 Å². The Kier molecular flexibility index (Phi) is 4.44. The Morgan fingerprint density at radius 2 is 1.81 bits per heavy atom. The van der Waals surface area contributed by atoms with Gasteiger partial charge in [-0.05, 0) is 25.0 Å². The quantitative estimate of drug-likeness (QED) is 0.784. The fraction of sp³-hybridized carbons (Fsp3) is 0.474. The summed E-state index contributed by atoms with van der Waals surface area (Å²) in [6.07, 6.45) is 2.34. The number of likely N-dealkylation sites (tertiary alicyclic amines) is 2. The van der Waals surface area contributed by atoms with E-state index in [1.165, 1.54) is 4.90 Å². The molecule has 0 aliphatic carbocycles. The molecule has 0 unspecified atom stereocenters. The second-order valence-corrected chi connectivity index (χ2v) is 6.86. The molecule has 0 N–H and O–H groups in total. The lowest BCUT2D eigenvalue weighted by Crippen LogP contribution is -2.40. The van der Waals surface area contributed by atoms with Gasteiger partial charge in [0.15, 0.2) is 11.5 Å². The number of nitrogens with zero attached hydrogens (tertiary/aromatic N) is 3. The average Bonchev–Trinajstić information content (AvgIpc) is 3.23. The third-order valence-electron chi connectivity index (χ3n) is 5.21. The standard InChI is InChI=1S/C19H21N3O4/c23-16(9-12-22-17(24)5-6-18(22)25)21-10-7-13(8-11-21)19-20-14-3-1-2-4-15(14)26-19/h1-4,13H,5-12H2. The molecule has 0 spiro atoms. The molecular weight excluding hydrogens is 334 g/mol. The molecule has 0 atom stereocenters. The van der Waals surface area contributed by atoms with E-state index in [4.69, 9.17) is 4.42 Å². The summed E-state index contributed by atoms with van der Waals surface area (Å²) < 4.78 is 5.85. The maximum absolute atomic E-state index is 12.4. The number of carbonyl (C=O) groups is 3. The van der Waals surface area contributed by atoms with Crippen molar-refractivity contribution in [1.82, 2.24) is 14.8 Å². The number of aromatic nitrogens is 1. The summed E-state index contributed by atoms with van der Waals surface area (Å²) in [5, 5.41) is 0. The zero-order chi connectivity index (χ0) is 18.1. The summed E-state index contributed by atoms with van der Waals surface area (Å²) in [4.78, 5) is 43.2. The lowest BCUT2D eigenvalue weighted by Gasteiger charge is -2.31. The van der Waals surface area contributed by atoms with E-state index < -0.39 is 0 Å². The van der Waals surface area contributed by atoms with Gasteiger partial charge in [0, 0.05) is 44.8 Å². The van der Waals surface area contributed by atoms with Crippen LogP contribution in [0.4, 0.5) is 0 Å². The Hall–Kier alpha value is -2.70. The lowest BCUT2D eigenvalue weighted by atomic mass is 9.96. The summed E-state index contributed by atoms with van der Waals surface area (Å²) in [6.45, 7) is 1.48. The predicted molar refractivity (Wildman–Crippen MR) is 93.1 cm³/mol. The van der Waals surface area contributed by atoms with Gasteiger partial charge < -0.3 is 9.32 Å². The van der Waals surface area contributed by atoms with Crippen molar-refractivity contribution in [2.45, 2.75) is 38.0 Å². The van der Waals surface area contributed by atoms with Crippen molar-refractivity contribution in [3.63, 3.8) is 0 Å². The van der Waals surface area contributed by atoms with Crippen LogP contribution in [0, 0.1) is 0 Å². The van der Waals surface area contributed by atoms with Crippen LogP contribution in [-0.2, 0) is 14.4 Å². The highest BCUT2D eigenvalue weighted by Crippen LogP contribution is 2.30. The number of oxazole rings is 1. The van der Waals surface area contributed by atoms with Crippen molar-refractivity contribution in [2.24, 2.45) is 0 Å². The largest absolute Gasteiger partial charge is 0.440 e. The molecule has 26 heavy (non-hydrogen) atoms. The van der Waals surface area contributed by atoms with E-state index in [1.54, 1.807) is 0 Å². The number of imide groups is 1. The van der Waals surface area contributed by atoms with E-state index in [9.17, 15) is 14.4 Å². The van der Waals surface area contributed by atoms with Gasteiger partial charge in [0.2, 0.25) is 17.7 Å². The van der Waals surface area contributed by atoms with E-state index in [-0.39, 0.29) is 49.4 Å². The molecule has 1 aromatic heterocycles. The smallest absolute Gasteiger partial charge is 0.229 e. The highest BCUT2D eigenvalue weighted by atomic mass is 16.3. The van der Waals surface area contributed by atoms with Crippen molar-refractivity contribution in [1.29, 1.82) is 0 Å². The van der Waals surface area contributed by atoms with E-state index in [2.05, 4.69) is 4.98 Å². The van der Waals surface area contributed by atoms with Gasteiger partial charge in [0.25, 0.3) is 0 Å². The zero-order valence-electron chi connectivity index (χ0n) is 14.5. The Morgan fingerprint density at radius 1 is 1.12 bits per heavy atom. The zero-order valence-corrected chi connectivity index (χ0v) is 14.5. The number of rotatable bonds is 4. The van der Waals surface area contributed by atoms with Crippen molar-refractivity contribution < 1.29 is 18.8 Å². The van der Waals surface area contributed by atoms with Gasteiger partial charge in [-0.3, -0.25) is 19.3 Å². The number of para-hydroxylation sites is 2. The summed E-state index contributed by atoms with van der Waals surface area (Å²) in [5.74, 6) is 0.614. The van der Waals surface area contributed by atoms with Crippen LogP contribution in [0.15, 0.2) is 28.7 Å². The van der Waals surface area contributed by atoms with Gasteiger partial charge in [0.05, 0.1) is 0 Å². The first kappa shape index (κ1) is 16.8. The van der Waals surface area contributed by atoms with Gasteiger partial charge in [0.1, 0.15) is 5.52 Å². The predicted octanol–water partition coefficient (Wildman–Crippen LogP) is 2.07. The molecule has 2 saturated heterocycles. The summed E-state index contributed by atoms with van der Waals surface area (Å²) in [5.41, 5.74) is 1.65. The minimum absolute atomic E-state index is 0.00600. The fourth-order valence-electron chi connectivity index (χ4n) is 3.68. The van der Waals surface area contributed by atoms with E-state index >= 15 is 0 Å². The molecule has 7 heteroatoms. The minimum Gasteiger partial charge on any atom is -0.440 e. The molecule has 0 radical (unpaired) electrons. The summed E-state index contributed by atoms with van der Waals surface area (Å²) in [6, 6.07) is 7.70. The minimum atomic E-state index is -0.169. The van der Waals surface area contributed by atoms with Crippen molar-refractivity contribution in [2.75, 3.05) is 19.6 Å². The van der Waals surface area contributed by atoms with Gasteiger partial charge in [-0.25, -0.2) is 4.98 Å². The highest BCUT2D eigenvalue weighted by Gasteiger charge is 2.31. The molecule has 2 aromatic rings. The molecule has 3 heterocycles. The molecule has 2 aliphatic rings. The number of piperidine rings is 1. The first-order valence-corrected chi connectivity index (χ1v) is 9.08. The van der Waals surface area contributed by atoms with E-state index in [0.717, 1.165) is 29.8 Å². The molecule has 1 aromatic carbocycles. The van der Waals surface area contributed by atoms with Crippen LogP contribution in [0.25, 0.3) is 11.1 Å². The topological polar surface area (TPSA) is 83.7 Å². The van der Waals surface area contributed by atoms with Gasteiger partial charge in [-0.15, -0.1) is 0 Å². The molecule has 0 saturated carbocycles. The fourth-order valence-corrected chi connectivity index (χ4v) is 3.68. The Morgan fingerprint density at radius 3 is 2.50 bits per heavy atom. The van der Waals surface area contributed by atoms with Crippen LogP contribution in [0.2, 0.25) is 0 Å². The second kappa shape index (κ2) is 6.90. The number of amides is 3. The number of benzene rings is 1. The Balaban J connectivity index is 1.31. The van der Waals surface area contributed by atoms with Gasteiger partial charge in [-0.2, -0.15) is 0 Å². The van der Waals surface area contributed by atoms with E-state index in [0.29, 0.717) is 13.1 Å². The SMILES string of the molecule is O=C(CCN1C(=O)CCC1=O)N1CCC(c2nc3ccccc3o2)CC1. The number of carbonyl (C=O) groups excluding carboxylic acids is 3. The molecule has 7 nitrogen and oxygen atoms in total. The first-order chi connectivity index (χ1) is 12.6. The molecule has 3 amide bonds. The lowest BCUT2D eigenvalue weighted by molar-refractivity contribution is -0.139. The normalized spacial score (nSPS) is 18.9. The maximum Gasteiger partial charge on any atom is 0.229 e. The van der Waals surface area contributed by atoms with Crippen LogP contribution < -0.4 is 0 Å². The Labute approximate surface area is 150 Å². The maximum atomic E-state index is 12.4. The molecule has 2 aliphatic heterocycles. The molecule has 4 rings (SSSR count). The number of hydrogen-bond donors (Lipinski definition) is 0. The molecule has 2 fully saturated rings. The van der Waals surface area contributed by atoms with Crippen LogP contribution in [0.3, 0.4) is 0 Å². The van der Waals surface area contributed by atoms with Crippen LogP contribution in [-0.4, -0.2) is 52.1 Å². The van der Waals surface area contributed by atoms with Gasteiger partial charge >= 0.3 is 0 Å². The molecule has 0 bridgehead atoms. The van der Waals surface area contributed by atoms with Crippen molar-refractivity contribution in [3.05, 3.63) is 30.2 Å². The Bertz CT molecular complexity index is 802. The second-order valence-electron chi connectivity index (χ2n) is 6.86. The first-order valence-electron chi connectivity index (χ1n) is 9.08. The van der Waals surface area contributed by atoms with Crippen molar-refractivity contribution in [3.8, 4) is 0 Å². The number of fused-ring (bicyclic) bond motifs is 1. The highest BCUT2D eigenvalue weighted by molar-refractivity contribution is 6.02. The number of hydrogen-bond acceptors (Lipinski definition) is 5. The van der Waals surface area contributed by atoms with E-state index in [1.807, 2.05) is 29.2 Å². The molecular formula is C19H21N3O4. The summed E-state index contributed by atoms with van der Waals surface area (Å²) in [7, 11) is 0. The summed E-state index contributed by atoms with van der Waals surface area (Å²) >= 11 is 0. The van der Waals surface area contributed by atoms with Crippen LogP contribution in [0.5, 0.6) is 0 Å². The average molecular weight is 355 g/mol. The third-order valence-corrected chi connectivity index (χ3v) is 5.21.